The van der Waals surface area contributed by atoms with Crippen LogP contribution >= 0.6 is 11.6 Å². The molecule has 0 saturated carbocycles. The van der Waals surface area contributed by atoms with Gasteiger partial charge in [0.1, 0.15) is 0 Å². The highest BCUT2D eigenvalue weighted by molar-refractivity contribution is 6.28. The molecule has 0 bridgehead atoms. The van der Waals surface area contributed by atoms with Gasteiger partial charge >= 0.3 is 0 Å². The van der Waals surface area contributed by atoms with Crippen LogP contribution in [0.25, 0.3) is 5.95 Å². The van der Waals surface area contributed by atoms with Gasteiger partial charge in [0, 0.05) is 39.7 Å². The second kappa shape index (κ2) is 6.44. The van der Waals surface area contributed by atoms with E-state index in [-0.39, 0.29) is 5.28 Å². The molecule has 0 aliphatic carbocycles. The molecule has 0 radical (unpaired) electrons. The predicted octanol–water partition coefficient (Wildman–Crippen LogP) is 1.18. The number of nitrogens with zero attached hydrogens (tertiary/aromatic N) is 6. The van der Waals surface area contributed by atoms with Crippen LogP contribution in [0.15, 0.2) is 18.5 Å². The van der Waals surface area contributed by atoms with Gasteiger partial charge in [-0.1, -0.05) is 0 Å². The number of halogens is 1. The van der Waals surface area contributed by atoms with Crippen molar-refractivity contribution in [3.8, 4) is 5.95 Å². The predicted molar refractivity (Wildman–Crippen MR) is 71.7 cm³/mol. The zero-order chi connectivity index (χ0) is 13.7. The van der Waals surface area contributed by atoms with E-state index in [0.29, 0.717) is 18.5 Å². The molecule has 0 unspecified atom stereocenters. The first-order valence-electron chi connectivity index (χ1n) is 5.82. The molecule has 19 heavy (non-hydrogen) atoms. The van der Waals surface area contributed by atoms with Gasteiger partial charge in [-0.3, -0.25) is 0 Å². The molecule has 2 rings (SSSR count). The lowest BCUT2D eigenvalue weighted by atomic mass is 10.4. The Morgan fingerprint density at radius 3 is 2.89 bits per heavy atom. The smallest absolute Gasteiger partial charge is 0.256 e. The van der Waals surface area contributed by atoms with Crippen LogP contribution < -0.4 is 4.90 Å². The van der Waals surface area contributed by atoms with E-state index in [1.165, 1.54) is 0 Å². The van der Waals surface area contributed by atoms with Crippen molar-refractivity contribution >= 4 is 17.5 Å². The normalized spacial score (nSPS) is 10.7. The Bertz CT molecular complexity index is 518. The minimum Gasteiger partial charge on any atom is -0.385 e. The lowest BCUT2D eigenvalue weighted by Gasteiger charge is -2.17. The topological polar surface area (TPSA) is 69.0 Å². The van der Waals surface area contributed by atoms with Gasteiger partial charge in [-0.2, -0.15) is 20.1 Å². The van der Waals surface area contributed by atoms with Crippen LogP contribution in [0.1, 0.15) is 6.42 Å². The van der Waals surface area contributed by atoms with Gasteiger partial charge in [-0.25, -0.2) is 4.68 Å². The van der Waals surface area contributed by atoms with Gasteiger partial charge in [0.25, 0.3) is 5.95 Å². The van der Waals surface area contributed by atoms with E-state index in [0.717, 1.165) is 13.0 Å². The van der Waals surface area contributed by atoms with E-state index in [1.54, 1.807) is 30.3 Å². The SMILES string of the molecule is COCCCN(C)c1nc(Cl)nc(-n2cccn2)n1. The van der Waals surface area contributed by atoms with Crippen molar-refractivity contribution in [3.05, 3.63) is 23.7 Å². The molecular formula is C11H15ClN6O. The third-order valence-corrected chi connectivity index (χ3v) is 2.65. The van der Waals surface area contributed by atoms with E-state index in [9.17, 15) is 0 Å². The summed E-state index contributed by atoms with van der Waals surface area (Å²) in [4.78, 5) is 14.4. The summed E-state index contributed by atoms with van der Waals surface area (Å²) in [5.41, 5.74) is 0. The van der Waals surface area contributed by atoms with Crippen molar-refractivity contribution in [1.29, 1.82) is 0 Å². The van der Waals surface area contributed by atoms with Crippen molar-refractivity contribution in [3.63, 3.8) is 0 Å². The summed E-state index contributed by atoms with van der Waals surface area (Å²) in [5, 5.41) is 4.22. The highest BCUT2D eigenvalue weighted by atomic mass is 35.5. The Kier molecular flexibility index (Phi) is 4.64. The second-order valence-electron chi connectivity index (χ2n) is 3.92. The summed E-state index contributed by atoms with van der Waals surface area (Å²) in [6.07, 6.45) is 4.29. The molecule has 2 heterocycles. The van der Waals surface area contributed by atoms with Crippen LogP contribution in [0.3, 0.4) is 0 Å². The zero-order valence-electron chi connectivity index (χ0n) is 10.8. The lowest BCUT2D eigenvalue weighted by molar-refractivity contribution is 0.196. The molecule has 0 aliphatic rings. The minimum atomic E-state index is 0.147. The largest absolute Gasteiger partial charge is 0.385 e. The number of ether oxygens (including phenoxy) is 1. The summed E-state index contributed by atoms with van der Waals surface area (Å²) in [7, 11) is 3.57. The molecule has 0 fully saturated rings. The maximum atomic E-state index is 5.92. The summed E-state index contributed by atoms with van der Waals surface area (Å²) >= 11 is 5.92. The van der Waals surface area contributed by atoms with E-state index >= 15 is 0 Å². The highest BCUT2D eigenvalue weighted by Gasteiger charge is 2.10. The first kappa shape index (κ1) is 13.7. The summed E-state index contributed by atoms with van der Waals surface area (Å²) in [6.45, 7) is 1.46. The first-order chi connectivity index (χ1) is 9.20. The Morgan fingerprint density at radius 1 is 1.37 bits per heavy atom. The van der Waals surface area contributed by atoms with Gasteiger partial charge in [0.15, 0.2) is 0 Å². The fraction of sp³-hybridized carbons (Fsp3) is 0.455. The van der Waals surface area contributed by atoms with Crippen molar-refractivity contribution in [2.75, 3.05) is 32.2 Å². The van der Waals surface area contributed by atoms with Gasteiger partial charge in [-0.05, 0) is 24.1 Å². The summed E-state index contributed by atoms with van der Waals surface area (Å²) in [6, 6.07) is 1.79. The molecular weight excluding hydrogens is 268 g/mol. The zero-order valence-corrected chi connectivity index (χ0v) is 11.6. The van der Waals surface area contributed by atoms with Gasteiger partial charge in [-0.15, -0.1) is 0 Å². The van der Waals surface area contributed by atoms with E-state index in [1.807, 2.05) is 11.9 Å². The Morgan fingerprint density at radius 2 is 2.21 bits per heavy atom. The Labute approximate surface area is 116 Å². The molecule has 2 aromatic rings. The number of aromatic nitrogens is 5. The fourth-order valence-electron chi connectivity index (χ4n) is 1.54. The van der Waals surface area contributed by atoms with Crippen molar-refractivity contribution in [1.82, 2.24) is 24.7 Å². The molecule has 0 saturated heterocycles. The molecule has 7 nitrogen and oxygen atoms in total. The van der Waals surface area contributed by atoms with E-state index in [2.05, 4.69) is 20.1 Å². The third kappa shape index (κ3) is 3.62. The van der Waals surface area contributed by atoms with Gasteiger partial charge in [0.2, 0.25) is 11.2 Å². The minimum absolute atomic E-state index is 0.147. The lowest BCUT2D eigenvalue weighted by Crippen LogP contribution is -2.23. The van der Waals surface area contributed by atoms with Crippen LogP contribution in [-0.2, 0) is 4.74 Å². The first-order valence-corrected chi connectivity index (χ1v) is 6.20. The van der Waals surface area contributed by atoms with Crippen molar-refractivity contribution < 1.29 is 4.74 Å². The molecule has 0 spiro atoms. The monoisotopic (exact) mass is 282 g/mol. The average Bonchev–Trinajstić information content (AvgIpc) is 2.92. The Hall–Kier alpha value is -1.73. The summed E-state index contributed by atoms with van der Waals surface area (Å²) < 4.78 is 6.56. The van der Waals surface area contributed by atoms with Gasteiger partial charge < -0.3 is 9.64 Å². The van der Waals surface area contributed by atoms with Gasteiger partial charge in [0.05, 0.1) is 0 Å². The molecule has 0 atom stereocenters. The number of hydrogen-bond donors (Lipinski definition) is 0. The number of methoxy groups -OCH3 is 1. The number of anilines is 1. The molecule has 0 aliphatic heterocycles. The molecule has 0 amide bonds. The quantitative estimate of drug-likeness (QED) is 0.741. The Balaban J connectivity index is 2.17. The van der Waals surface area contributed by atoms with Crippen LogP contribution in [0.5, 0.6) is 0 Å². The van der Waals surface area contributed by atoms with Crippen molar-refractivity contribution in [2.45, 2.75) is 6.42 Å². The van der Waals surface area contributed by atoms with E-state index in [4.69, 9.17) is 16.3 Å². The van der Waals surface area contributed by atoms with Crippen LogP contribution in [0, 0.1) is 0 Å². The molecule has 0 aromatic carbocycles. The van der Waals surface area contributed by atoms with Crippen LogP contribution in [-0.4, -0.2) is 52.0 Å². The van der Waals surface area contributed by atoms with E-state index < -0.39 is 0 Å². The molecule has 0 N–H and O–H groups in total. The molecule has 2 aromatic heterocycles. The maximum absolute atomic E-state index is 5.92. The third-order valence-electron chi connectivity index (χ3n) is 2.48. The highest BCUT2D eigenvalue weighted by Crippen LogP contribution is 2.12. The molecule has 8 heteroatoms. The maximum Gasteiger partial charge on any atom is 0.256 e. The standard InChI is InChI=1S/C11H15ClN6O/c1-17(6-4-8-19-2)10-14-9(12)15-11(16-10)18-7-3-5-13-18/h3,5,7H,4,6,8H2,1-2H3. The molecule has 102 valence electrons. The van der Waals surface area contributed by atoms with Crippen LogP contribution in [0.4, 0.5) is 5.95 Å². The number of rotatable bonds is 6. The second-order valence-corrected chi connectivity index (χ2v) is 4.26. The van der Waals surface area contributed by atoms with Crippen LogP contribution in [0.2, 0.25) is 5.28 Å². The fourth-order valence-corrected chi connectivity index (χ4v) is 1.69. The summed E-state index contributed by atoms with van der Waals surface area (Å²) in [5.74, 6) is 0.917. The number of hydrogen-bond acceptors (Lipinski definition) is 6. The average molecular weight is 283 g/mol. The van der Waals surface area contributed by atoms with Crippen molar-refractivity contribution in [2.24, 2.45) is 0 Å².